The van der Waals surface area contributed by atoms with Crippen molar-refractivity contribution in [3.05, 3.63) is 60.5 Å². The molecule has 0 radical (unpaired) electrons. The van der Waals surface area contributed by atoms with Crippen LogP contribution in [0.25, 0.3) is 11.4 Å². The molecule has 0 saturated carbocycles. The second-order valence-corrected chi connectivity index (χ2v) is 4.81. The summed E-state index contributed by atoms with van der Waals surface area (Å²) in [6.07, 6.45) is 3.80. The third-order valence-corrected chi connectivity index (χ3v) is 3.08. The lowest BCUT2D eigenvalue weighted by atomic mass is 10.2. The van der Waals surface area contributed by atoms with Crippen molar-refractivity contribution in [2.45, 2.75) is 12.8 Å². The lowest BCUT2D eigenvalue weighted by Gasteiger charge is -2.03. The average molecular weight is 312 g/mol. The number of nitrogens with one attached hydrogen (secondary N) is 1. The summed E-state index contributed by atoms with van der Waals surface area (Å²) in [7, 11) is 0. The first kappa shape index (κ1) is 14.8. The van der Waals surface area contributed by atoms with E-state index in [1.807, 2.05) is 6.07 Å². The molecule has 2 heterocycles. The molecular formula is C16H13FN4O2. The Morgan fingerprint density at radius 1 is 1.22 bits per heavy atom. The summed E-state index contributed by atoms with van der Waals surface area (Å²) in [6, 6.07) is 9.17. The molecule has 1 amide bonds. The van der Waals surface area contributed by atoms with Crippen LogP contribution in [0.2, 0.25) is 0 Å². The lowest BCUT2D eigenvalue weighted by Crippen LogP contribution is -2.12. The van der Waals surface area contributed by atoms with Crippen LogP contribution < -0.4 is 5.32 Å². The van der Waals surface area contributed by atoms with E-state index in [-0.39, 0.29) is 18.1 Å². The number of carbonyl (C=O) groups is 1. The van der Waals surface area contributed by atoms with Gasteiger partial charge in [0, 0.05) is 36.5 Å². The highest BCUT2D eigenvalue weighted by molar-refractivity contribution is 5.90. The molecule has 0 bridgehead atoms. The quantitative estimate of drug-likeness (QED) is 0.783. The van der Waals surface area contributed by atoms with E-state index in [1.54, 1.807) is 18.5 Å². The Labute approximate surface area is 131 Å². The van der Waals surface area contributed by atoms with Crippen molar-refractivity contribution in [1.82, 2.24) is 15.1 Å². The maximum Gasteiger partial charge on any atom is 0.227 e. The Hall–Kier alpha value is -3.09. The van der Waals surface area contributed by atoms with E-state index in [4.69, 9.17) is 4.52 Å². The van der Waals surface area contributed by atoms with E-state index in [0.29, 0.717) is 23.8 Å². The fourth-order valence-corrected chi connectivity index (χ4v) is 1.95. The van der Waals surface area contributed by atoms with Crippen LogP contribution in [0.5, 0.6) is 0 Å². The van der Waals surface area contributed by atoms with Crippen molar-refractivity contribution in [3.8, 4) is 11.4 Å². The van der Waals surface area contributed by atoms with E-state index in [2.05, 4.69) is 20.4 Å². The Kier molecular flexibility index (Phi) is 4.37. The molecule has 0 spiro atoms. The zero-order chi connectivity index (χ0) is 16.1. The Morgan fingerprint density at radius 3 is 2.78 bits per heavy atom. The molecular weight excluding hydrogens is 299 g/mol. The molecule has 7 heteroatoms. The first-order chi connectivity index (χ1) is 11.2. The van der Waals surface area contributed by atoms with E-state index < -0.39 is 0 Å². The van der Waals surface area contributed by atoms with Crippen LogP contribution in [-0.4, -0.2) is 21.0 Å². The monoisotopic (exact) mass is 312 g/mol. The fourth-order valence-electron chi connectivity index (χ4n) is 1.95. The normalized spacial score (nSPS) is 10.5. The van der Waals surface area contributed by atoms with E-state index >= 15 is 0 Å². The predicted molar refractivity (Wildman–Crippen MR) is 80.9 cm³/mol. The van der Waals surface area contributed by atoms with E-state index in [9.17, 15) is 9.18 Å². The van der Waals surface area contributed by atoms with Crippen LogP contribution in [0, 0.1) is 5.82 Å². The van der Waals surface area contributed by atoms with E-state index in [0.717, 1.165) is 5.56 Å². The minimum atomic E-state index is -0.350. The Balaban J connectivity index is 1.55. The molecule has 3 rings (SSSR count). The number of amides is 1. The van der Waals surface area contributed by atoms with Gasteiger partial charge >= 0.3 is 0 Å². The van der Waals surface area contributed by atoms with Crippen LogP contribution in [0.1, 0.15) is 12.3 Å². The molecule has 0 atom stereocenters. The number of aromatic nitrogens is 3. The van der Waals surface area contributed by atoms with Crippen LogP contribution in [0.15, 0.2) is 53.3 Å². The van der Waals surface area contributed by atoms with Crippen molar-refractivity contribution in [2.75, 3.05) is 5.32 Å². The number of pyridine rings is 1. The minimum Gasteiger partial charge on any atom is -0.339 e. The average Bonchev–Trinajstić information content (AvgIpc) is 3.05. The van der Waals surface area contributed by atoms with Gasteiger partial charge in [-0.05, 0) is 36.4 Å². The number of nitrogens with zero attached hydrogens (tertiary/aromatic N) is 3. The topological polar surface area (TPSA) is 80.9 Å². The van der Waals surface area contributed by atoms with Crippen LogP contribution in [0.4, 0.5) is 10.1 Å². The number of anilines is 1. The molecule has 0 unspecified atom stereocenters. The molecule has 1 aromatic carbocycles. The summed E-state index contributed by atoms with van der Waals surface area (Å²) < 4.78 is 17.9. The van der Waals surface area contributed by atoms with Crippen LogP contribution in [0.3, 0.4) is 0 Å². The zero-order valence-electron chi connectivity index (χ0n) is 12.1. The predicted octanol–water partition coefficient (Wildman–Crippen LogP) is 2.84. The number of rotatable bonds is 5. The van der Waals surface area contributed by atoms with Gasteiger partial charge in [-0.2, -0.15) is 4.98 Å². The molecule has 23 heavy (non-hydrogen) atoms. The highest BCUT2D eigenvalue weighted by Gasteiger charge is 2.11. The maximum absolute atomic E-state index is 12.8. The van der Waals surface area contributed by atoms with Gasteiger partial charge in [0.1, 0.15) is 5.82 Å². The maximum atomic E-state index is 12.8. The minimum absolute atomic E-state index is 0.187. The highest BCUT2D eigenvalue weighted by atomic mass is 19.1. The van der Waals surface area contributed by atoms with Gasteiger partial charge in [0.25, 0.3) is 0 Å². The van der Waals surface area contributed by atoms with Gasteiger partial charge in [-0.1, -0.05) is 5.16 Å². The van der Waals surface area contributed by atoms with Crippen molar-refractivity contribution >= 4 is 11.6 Å². The molecule has 1 N–H and O–H groups in total. The van der Waals surface area contributed by atoms with Crippen molar-refractivity contribution in [3.63, 3.8) is 0 Å². The fraction of sp³-hybridized carbons (Fsp3) is 0.125. The molecule has 0 aliphatic rings. The van der Waals surface area contributed by atoms with E-state index in [1.165, 1.54) is 24.3 Å². The number of carbonyl (C=O) groups excluding carboxylic acids is 1. The molecule has 0 aliphatic carbocycles. The molecule has 6 nitrogen and oxygen atoms in total. The molecule has 2 aromatic heterocycles. The van der Waals surface area contributed by atoms with Crippen LogP contribution in [-0.2, 0) is 11.2 Å². The number of hydrogen-bond acceptors (Lipinski definition) is 5. The molecule has 116 valence electrons. The summed E-state index contributed by atoms with van der Waals surface area (Å²) in [5.74, 6) is 0.250. The van der Waals surface area contributed by atoms with Crippen molar-refractivity contribution < 1.29 is 13.7 Å². The molecule has 0 aliphatic heterocycles. The largest absolute Gasteiger partial charge is 0.339 e. The van der Waals surface area contributed by atoms with Gasteiger partial charge in [0.05, 0.1) is 0 Å². The second kappa shape index (κ2) is 6.78. The summed E-state index contributed by atoms with van der Waals surface area (Å²) in [6.45, 7) is 0. The van der Waals surface area contributed by atoms with Crippen LogP contribution >= 0.6 is 0 Å². The number of benzene rings is 1. The summed E-state index contributed by atoms with van der Waals surface area (Å²) in [5, 5.41) is 6.53. The van der Waals surface area contributed by atoms with Crippen molar-refractivity contribution in [2.24, 2.45) is 0 Å². The Bertz CT molecular complexity index is 787. The first-order valence-electron chi connectivity index (χ1n) is 6.99. The smallest absolute Gasteiger partial charge is 0.227 e. The summed E-state index contributed by atoms with van der Waals surface area (Å²) in [4.78, 5) is 20.1. The number of halogens is 1. The number of hydrogen-bond donors (Lipinski definition) is 1. The SMILES string of the molecule is O=C(CCc1nc(-c2cccnc2)no1)Nc1ccc(F)cc1. The first-order valence-corrected chi connectivity index (χ1v) is 6.99. The van der Waals surface area contributed by atoms with Gasteiger partial charge in [-0.3, -0.25) is 9.78 Å². The molecule has 0 saturated heterocycles. The standard InChI is InChI=1S/C16H13FN4O2/c17-12-3-5-13(6-4-12)19-14(22)7-8-15-20-16(21-23-15)11-2-1-9-18-10-11/h1-6,9-10H,7-8H2,(H,19,22). The molecule has 3 aromatic rings. The second-order valence-electron chi connectivity index (χ2n) is 4.81. The van der Waals surface area contributed by atoms with Gasteiger partial charge < -0.3 is 9.84 Å². The summed E-state index contributed by atoms with van der Waals surface area (Å²) in [5.41, 5.74) is 1.29. The van der Waals surface area contributed by atoms with Gasteiger partial charge in [-0.15, -0.1) is 0 Å². The Morgan fingerprint density at radius 2 is 2.04 bits per heavy atom. The third kappa shape index (κ3) is 3.97. The van der Waals surface area contributed by atoms with Gasteiger partial charge in [0.15, 0.2) is 0 Å². The van der Waals surface area contributed by atoms with Gasteiger partial charge in [-0.25, -0.2) is 4.39 Å². The van der Waals surface area contributed by atoms with Crippen molar-refractivity contribution in [1.29, 1.82) is 0 Å². The summed E-state index contributed by atoms with van der Waals surface area (Å²) >= 11 is 0. The zero-order valence-corrected chi connectivity index (χ0v) is 12.1. The third-order valence-electron chi connectivity index (χ3n) is 3.08. The highest BCUT2D eigenvalue weighted by Crippen LogP contribution is 2.15. The van der Waals surface area contributed by atoms with Gasteiger partial charge in [0.2, 0.25) is 17.6 Å². The molecule has 0 fully saturated rings. The number of aryl methyl sites for hydroxylation is 1. The lowest BCUT2D eigenvalue weighted by molar-refractivity contribution is -0.116.